The third-order valence-electron chi connectivity index (χ3n) is 1.19. The molecule has 5 atom stereocenters. The van der Waals surface area contributed by atoms with Crippen molar-refractivity contribution in [2.24, 2.45) is 0 Å². The Morgan fingerprint density at radius 3 is 2.30 bits per heavy atom. The van der Waals surface area contributed by atoms with E-state index >= 15 is 0 Å². The summed E-state index contributed by atoms with van der Waals surface area (Å²) in [5.74, 6) is 0. The van der Waals surface area contributed by atoms with Gasteiger partial charge >= 0.3 is 0 Å². The number of nitrogens with one attached hydrogen (secondary N) is 1. The van der Waals surface area contributed by atoms with Crippen LogP contribution in [0.25, 0.3) is 0 Å². The molecule has 1 aliphatic heterocycles. The first-order valence-electron chi connectivity index (χ1n) is 2.49. The summed E-state index contributed by atoms with van der Waals surface area (Å²) in [5, 5.41) is 3.86. The van der Waals surface area contributed by atoms with Crippen LogP contribution in [0.3, 0.4) is 0 Å². The molecule has 1 saturated heterocycles. The van der Waals surface area contributed by atoms with Gasteiger partial charge in [0.1, 0.15) is 0 Å². The molecule has 0 aromatic carbocycles. The van der Waals surface area contributed by atoms with Crippen molar-refractivity contribution in [2.75, 3.05) is 12.4 Å². The molecule has 10 heavy (non-hydrogen) atoms. The third-order valence-corrected chi connectivity index (χ3v) is 7.51. The highest BCUT2D eigenvalue weighted by Crippen LogP contribution is 2.48. The molecule has 1 fully saturated rings. The second-order valence-corrected chi connectivity index (χ2v) is 6.71. The van der Waals surface area contributed by atoms with Crippen molar-refractivity contribution in [3.63, 3.8) is 0 Å². The van der Waals surface area contributed by atoms with Crippen LogP contribution in [0.2, 0.25) is 0 Å². The molecule has 1 N–H and O–H groups in total. The zero-order chi connectivity index (χ0) is 6.04. The van der Waals surface area contributed by atoms with E-state index in [2.05, 4.69) is 23.5 Å². The highest BCUT2D eigenvalue weighted by atomic mass is 32.0. The monoisotopic (exact) mass is 217 g/mol. The lowest BCUT2D eigenvalue weighted by Crippen LogP contribution is -2.28. The molecule has 0 aromatic rings. The van der Waals surface area contributed by atoms with Gasteiger partial charge in [-0.15, -0.1) is 26.7 Å². The van der Waals surface area contributed by atoms with Crippen molar-refractivity contribution in [2.45, 2.75) is 19.9 Å². The van der Waals surface area contributed by atoms with Crippen LogP contribution < -0.4 is 5.32 Å². The Balaban J connectivity index is 0. The van der Waals surface area contributed by atoms with E-state index in [4.69, 9.17) is 0 Å². The van der Waals surface area contributed by atoms with Crippen molar-refractivity contribution < 1.29 is 0 Å². The standard InChI is InChI=1S/C3H11NP4.2CH4/c5-3(8-6)1-7-2-4-3;;/h4,7-8H,1-2,5-6H2;2*1H4/t3-;;/m0../s1. The van der Waals surface area contributed by atoms with Crippen molar-refractivity contribution in [3.05, 3.63) is 0 Å². The SMILES string of the molecule is C.C.PP[C@@]1(P)CPCN1. The van der Waals surface area contributed by atoms with Gasteiger partial charge in [0.05, 0.1) is 5.02 Å². The maximum absolute atomic E-state index is 3.45. The Bertz CT molecular complexity index is 81.7. The first kappa shape index (κ1) is 14.2. The van der Waals surface area contributed by atoms with Crippen LogP contribution in [0, 0.1) is 0 Å². The highest BCUT2D eigenvalue weighted by Gasteiger charge is 2.25. The predicted octanol–water partition coefficient (Wildman–Crippen LogP) is 2.50. The average Bonchev–Trinajstić information content (AvgIpc) is 2.17. The van der Waals surface area contributed by atoms with Gasteiger partial charge in [-0.3, -0.25) is 0 Å². The van der Waals surface area contributed by atoms with E-state index in [9.17, 15) is 0 Å². The summed E-state index contributed by atoms with van der Waals surface area (Å²) in [6.45, 7) is 0. The second kappa shape index (κ2) is 6.22. The summed E-state index contributed by atoms with van der Waals surface area (Å²) >= 11 is 0. The molecular formula is C5H19NP4. The van der Waals surface area contributed by atoms with Crippen LogP contribution in [0.4, 0.5) is 0 Å². The number of rotatable bonds is 1. The molecular weight excluding hydrogens is 198 g/mol. The fraction of sp³-hybridized carbons (Fsp3) is 1.00. The van der Waals surface area contributed by atoms with Gasteiger partial charge in [0.25, 0.3) is 0 Å². The van der Waals surface area contributed by atoms with Gasteiger partial charge in [-0.05, 0) is 6.16 Å². The molecule has 4 unspecified atom stereocenters. The minimum Gasteiger partial charge on any atom is -0.300 e. The molecule has 0 aliphatic carbocycles. The smallest absolute Gasteiger partial charge is 0.0566 e. The molecule has 1 nitrogen and oxygen atoms in total. The topological polar surface area (TPSA) is 12.0 Å². The number of hydrogen-bond donors (Lipinski definition) is 1. The van der Waals surface area contributed by atoms with E-state index in [1.54, 1.807) is 0 Å². The third kappa shape index (κ3) is 3.90. The number of hydrogen-bond acceptors (Lipinski definition) is 1. The van der Waals surface area contributed by atoms with Crippen molar-refractivity contribution in [3.8, 4) is 0 Å². The Morgan fingerprint density at radius 2 is 2.10 bits per heavy atom. The Labute approximate surface area is 73.1 Å². The molecule has 0 radical (unpaired) electrons. The van der Waals surface area contributed by atoms with Crippen molar-refractivity contribution >= 4 is 35.0 Å². The quantitative estimate of drug-likeness (QED) is 0.665. The summed E-state index contributed by atoms with van der Waals surface area (Å²) in [4.78, 5) is 0. The minimum atomic E-state index is 0. The maximum atomic E-state index is 3.45. The minimum absolute atomic E-state index is 0. The van der Waals surface area contributed by atoms with E-state index in [1.165, 1.54) is 12.4 Å². The Morgan fingerprint density at radius 1 is 1.50 bits per heavy atom. The van der Waals surface area contributed by atoms with E-state index < -0.39 is 0 Å². The van der Waals surface area contributed by atoms with Crippen LogP contribution >= 0.6 is 35.0 Å². The fourth-order valence-electron chi connectivity index (χ4n) is 0.644. The Hall–Kier alpha value is 1.68. The normalized spacial score (nSPS) is 34.2. The molecule has 0 bridgehead atoms. The van der Waals surface area contributed by atoms with Crippen LogP contribution in [0.5, 0.6) is 0 Å². The lowest BCUT2D eigenvalue weighted by atomic mass is 10.7. The van der Waals surface area contributed by atoms with Gasteiger partial charge in [-0.1, -0.05) is 23.1 Å². The fourth-order valence-corrected chi connectivity index (χ4v) is 4.84. The van der Waals surface area contributed by atoms with E-state index in [-0.39, 0.29) is 14.9 Å². The molecule has 1 rings (SSSR count). The molecule has 0 saturated carbocycles. The largest absolute Gasteiger partial charge is 0.300 e. The Kier molecular flexibility index (Phi) is 8.85. The van der Waals surface area contributed by atoms with Crippen LogP contribution in [0.15, 0.2) is 0 Å². The van der Waals surface area contributed by atoms with Crippen LogP contribution in [-0.2, 0) is 0 Å². The molecule has 1 aliphatic rings. The first-order valence-corrected chi connectivity index (χ1v) is 7.29. The summed E-state index contributed by atoms with van der Waals surface area (Å²) in [6, 6.07) is 0. The zero-order valence-corrected chi connectivity index (χ0v) is 8.88. The van der Waals surface area contributed by atoms with Crippen LogP contribution in [-0.4, -0.2) is 17.5 Å². The van der Waals surface area contributed by atoms with Gasteiger partial charge < -0.3 is 5.32 Å². The summed E-state index contributed by atoms with van der Waals surface area (Å²) in [5.41, 5.74) is 0. The summed E-state index contributed by atoms with van der Waals surface area (Å²) < 4.78 is 0. The van der Waals surface area contributed by atoms with Gasteiger partial charge in [-0.25, -0.2) is 0 Å². The molecule has 0 amide bonds. The molecule has 5 heteroatoms. The zero-order valence-electron chi connectivity index (χ0n) is 4.57. The highest BCUT2D eigenvalue weighted by molar-refractivity contribution is 8.05. The molecule has 0 aromatic heterocycles. The van der Waals surface area contributed by atoms with E-state index in [1.807, 2.05) is 0 Å². The molecule has 0 spiro atoms. The van der Waals surface area contributed by atoms with Crippen LogP contribution in [0.1, 0.15) is 14.9 Å². The summed E-state index contributed by atoms with van der Waals surface area (Å²) in [7, 11) is 7.77. The van der Waals surface area contributed by atoms with Gasteiger partial charge in [0.2, 0.25) is 0 Å². The summed E-state index contributed by atoms with van der Waals surface area (Å²) in [6.07, 6.45) is 2.57. The predicted molar refractivity (Wildman–Crippen MR) is 65.1 cm³/mol. The van der Waals surface area contributed by atoms with Gasteiger partial charge in [-0.2, -0.15) is 0 Å². The lowest BCUT2D eigenvalue weighted by molar-refractivity contribution is 0.776. The average molecular weight is 217 g/mol. The molecule has 64 valence electrons. The van der Waals surface area contributed by atoms with Crippen molar-refractivity contribution in [1.82, 2.24) is 5.32 Å². The second-order valence-electron chi connectivity index (χ2n) is 1.90. The molecule has 1 heterocycles. The van der Waals surface area contributed by atoms with E-state index in [0.717, 1.165) is 16.9 Å². The lowest BCUT2D eigenvalue weighted by Gasteiger charge is -2.20. The first-order chi connectivity index (χ1) is 3.77. The van der Waals surface area contributed by atoms with E-state index in [0.29, 0.717) is 5.02 Å². The van der Waals surface area contributed by atoms with Gasteiger partial charge in [0, 0.05) is 6.29 Å². The van der Waals surface area contributed by atoms with Crippen molar-refractivity contribution in [1.29, 1.82) is 0 Å². The van der Waals surface area contributed by atoms with Gasteiger partial charge in [0.15, 0.2) is 0 Å². The maximum Gasteiger partial charge on any atom is 0.0566 e.